The second-order valence-corrected chi connectivity index (χ2v) is 7.28. The average Bonchev–Trinajstić information content (AvgIpc) is 3.03. The van der Waals surface area contributed by atoms with Crippen LogP contribution in [0.2, 0.25) is 0 Å². The minimum atomic E-state index is -1.01. The van der Waals surface area contributed by atoms with Crippen LogP contribution in [0.15, 0.2) is 35.7 Å². The van der Waals surface area contributed by atoms with E-state index in [0.717, 1.165) is 12.0 Å². The second-order valence-electron chi connectivity index (χ2n) is 6.36. The third kappa shape index (κ3) is 5.16. The molecule has 26 heavy (non-hydrogen) atoms. The molecule has 2 rings (SSSR count). The summed E-state index contributed by atoms with van der Waals surface area (Å²) < 4.78 is 5.21. The van der Waals surface area contributed by atoms with Gasteiger partial charge in [-0.05, 0) is 48.4 Å². The third-order valence-corrected chi connectivity index (χ3v) is 4.48. The van der Waals surface area contributed by atoms with Gasteiger partial charge in [0.15, 0.2) is 6.10 Å². The van der Waals surface area contributed by atoms with Crippen LogP contribution in [0.1, 0.15) is 47.1 Å². The fourth-order valence-corrected chi connectivity index (χ4v) is 3.14. The van der Waals surface area contributed by atoms with Crippen molar-refractivity contribution in [1.29, 1.82) is 0 Å². The number of hydrogen-bond donors (Lipinski definition) is 2. The summed E-state index contributed by atoms with van der Waals surface area (Å²) in [4.78, 5) is 35.7. The summed E-state index contributed by atoms with van der Waals surface area (Å²) in [6.45, 7) is 5.72. The normalized spacial score (nSPS) is 11.8. The molecular weight excluding hydrogens is 352 g/mol. The van der Waals surface area contributed by atoms with E-state index in [1.807, 2.05) is 12.1 Å². The first-order valence-electron chi connectivity index (χ1n) is 8.26. The van der Waals surface area contributed by atoms with Crippen LogP contribution in [-0.4, -0.2) is 23.9 Å². The summed E-state index contributed by atoms with van der Waals surface area (Å²) >= 11 is 1.17. The lowest BCUT2D eigenvalue weighted by Crippen LogP contribution is -2.30. The molecule has 0 aliphatic rings. The number of carbonyl (C=O) groups excluding carboxylic acids is 3. The number of carbonyl (C=O) groups is 3. The van der Waals surface area contributed by atoms with Gasteiger partial charge in [0.2, 0.25) is 0 Å². The molecule has 2 aromatic rings. The quantitative estimate of drug-likeness (QED) is 0.727. The molecule has 0 saturated heterocycles. The van der Waals surface area contributed by atoms with E-state index >= 15 is 0 Å². The number of ether oxygens (including phenoxy) is 1. The molecule has 1 aromatic carbocycles. The molecule has 0 saturated carbocycles. The summed E-state index contributed by atoms with van der Waals surface area (Å²) in [5, 5.41) is 4.54. The van der Waals surface area contributed by atoms with E-state index in [0.29, 0.717) is 16.5 Å². The van der Waals surface area contributed by atoms with E-state index in [2.05, 4.69) is 19.2 Å². The molecule has 1 atom stereocenters. The molecule has 7 heteroatoms. The molecule has 0 bridgehead atoms. The van der Waals surface area contributed by atoms with Crippen molar-refractivity contribution < 1.29 is 19.1 Å². The monoisotopic (exact) mass is 374 g/mol. The lowest BCUT2D eigenvalue weighted by atomic mass is 10.0. The Kier molecular flexibility index (Phi) is 6.52. The topological polar surface area (TPSA) is 98.5 Å². The van der Waals surface area contributed by atoms with E-state index in [1.54, 1.807) is 17.5 Å². The predicted molar refractivity (Wildman–Crippen MR) is 101 cm³/mol. The maximum atomic E-state index is 12.2. The second kappa shape index (κ2) is 8.62. The third-order valence-electron chi connectivity index (χ3n) is 3.65. The van der Waals surface area contributed by atoms with Gasteiger partial charge in [0.05, 0.1) is 11.1 Å². The Hall–Kier alpha value is -2.67. The van der Waals surface area contributed by atoms with Crippen LogP contribution in [0.4, 0.5) is 5.00 Å². The van der Waals surface area contributed by atoms with Crippen LogP contribution in [0, 0.1) is 5.92 Å². The SMILES string of the molecule is CC(C)Cc1ccc(C(=O)O[C@@H](C)C(=O)Nc2sccc2C(N)=O)cc1. The highest BCUT2D eigenvalue weighted by Gasteiger charge is 2.21. The van der Waals surface area contributed by atoms with Crippen LogP contribution < -0.4 is 11.1 Å². The lowest BCUT2D eigenvalue weighted by Gasteiger charge is -2.13. The van der Waals surface area contributed by atoms with Crippen LogP contribution >= 0.6 is 11.3 Å². The van der Waals surface area contributed by atoms with Crippen molar-refractivity contribution in [1.82, 2.24) is 0 Å². The smallest absolute Gasteiger partial charge is 0.338 e. The number of amides is 2. The van der Waals surface area contributed by atoms with Gasteiger partial charge in [-0.15, -0.1) is 11.3 Å². The molecule has 3 N–H and O–H groups in total. The molecule has 0 unspecified atom stereocenters. The minimum absolute atomic E-state index is 0.225. The Balaban J connectivity index is 1.96. The van der Waals surface area contributed by atoms with E-state index < -0.39 is 23.9 Å². The molecular formula is C19H22N2O4S. The van der Waals surface area contributed by atoms with Crippen LogP contribution in [0.25, 0.3) is 0 Å². The first-order chi connectivity index (χ1) is 12.3. The van der Waals surface area contributed by atoms with Gasteiger partial charge in [-0.1, -0.05) is 26.0 Å². The van der Waals surface area contributed by atoms with Crippen LogP contribution in [0.5, 0.6) is 0 Å². The van der Waals surface area contributed by atoms with Gasteiger partial charge in [-0.25, -0.2) is 4.79 Å². The zero-order valence-electron chi connectivity index (χ0n) is 14.9. The number of nitrogens with two attached hydrogens (primary N) is 1. The lowest BCUT2D eigenvalue weighted by molar-refractivity contribution is -0.123. The number of benzene rings is 1. The maximum absolute atomic E-state index is 12.2. The first-order valence-corrected chi connectivity index (χ1v) is 9.14. The van der Waals surface area contributed by atoms with Crippen molar-refractivity contribution in [3.8, 4) is 0 Å². The highest BCUT2D eigenvalue weighted by atomic mass is 32.1. The zero-order chi connectivity index (χ0) is 19.3. The standard InChI is InChI=1S/C19H22N2O4S/c1-11(2)10-13-4-6-14(7-5-13)19(24)25-12(3)17(23)21-18-15(16(20)22)8-9-26-18/h4-9,11-12H,10H2,1-3H3,(H2,20,22)(H,21,23)/t12-/m0/s1. The predicted octanol–water partition coefficient (Wildman–Crippen LogP) is 3.23. The largest absolute Gasteiger partial charge is 0.449 e. The number of primary amides is 1. The summed E-state index contributed by atoms with van der Waals surface area (Å²) in [5.41, 5.74) is 6.98. The fourth-order valence-electron chi connectivity index (χ4n) is 2.34. The van der Waals surface area contributed by atoms with Crippen molar-refractivity contribution >= 4 is 34.1 Å². The van der Waals surface area contributed by atoms with Gasteiger partial charge >= 0.3 is 5.97 Å². The summed E-state index contributed by atoms with van der Waals surface area (Å²) in [7, 11) is 0. The Morgan fingerprint density at radius 3 is 2.35 bits per heavy atom. The highest BCUT2D eigenvalue weighted by molar-refractivity contribution is 7.14. The summed E-state index contributed by atoms with van der Waals surface area (Å²) in [6, 6.07) is 8.67. The molecule has 0 radical (unpaired) electrons. The molecule has 2 amide bonds. The molecule has 138 valence electrons. The van der Waals surface area contributed by atoms with Gasteiger partial charge in [0, 0.05) is 0 Å². The van der Waals surface area contributed by atoms with Crippen molar-refractivity contribution in [3.63, 3.8) is 0 Å². The van der Waals surface area contributed by atoms with E-state index in [4.69, 9.17) is 10.5 Å². The van der Waals surface area contributed by atoms with E-state index in [9.17, 15) is 14.4 Å². The van der Waals surface area contributed by atoms with Crippen molar-refractivity contribution in [2.45, 2.75) is 33.3 Å². The average molecular weight is 374 g/mol. The number of nitrogens with one attached hydrogen (secondary N) is 1. The Morgan fingerprint density at radius 1 is 1.12 bits per heavy atom. The summed E-state index contributed by atoms with van der Waals surface area (Å²) in [6.07, 6.45) is -0.0855. The van der Waals surface area contributed by atoms with Crippen molar-refractivity contribution in [2.75, 3.05) is 5.32 Å². The van der Waals surface area contributed by atoms with E-state index in [-0.39, 0.29) is 5.56 Å². The Labute approximate surface area is 156 Å². The molecule has 0 fully saturated rings. The molecule has 1 aromatic heterocycles. The van der Waals surface area contributed by atoms with Crippen LogP contribution in [0.3, 0.4) is 0 Å². The van der Waals surface area contributed by atoms with Crippen molar-refractivity contribution in [2.24, 2.45) is 11.7 Å². The molecule has 6 nitrogen and oxygen atoms in total. The van der Waals surface area contributed by atoms with E-state index in [1.165, 1.54) is 24.3 Å². The number of anilines is 1. The van der Waals surface area contributed by atoms with Crippen LogP contribution in [-0.2, 0) is 16.0 Å². The van der Waals surface area contributed by atoms with Gasteiger partial charge in [0.25, 0.3) is 11.8 Å². The fraction of sp³-hybridized carbons (Fsp3) is 0.316. The zero-order valence-corrected chi connectivity index (χ0v) is 15.8. The van der Waals surface area contributed by atoms with Crippen molar-refractivity contribution in [3.05, 3.63) is 52.4 Å². The highest BCUT2D eigenvalue weighted by Crippen LogP contribution is 2.23. The van der Waals surface area contributed by atoms with Gasteiger partial charge < -0.3 is 15.8 Å². The molecule has 0 aliphatic carbocycles. The maximum Gasteiger partial charge on any atom is 0.338 e. The number of esters is 1. The molecule has 0 spiro atoms. The minimum Gasteiger partial charge on any atom is -0.449 e. The number of hydrogen-bond acceptors (Lipinski definition) is 5. The van der Waals surface area contributed by atoms with Gasteiger partial charge in [-0.3, -0.25) is 9.59 Å². The Bertz CT molecular complexity index is 796. The Morgan fingerprint density at radius 2 is 1.77 bits per heavy atom. The summed E-state index contributed by atoms with van der Waals surface area (Å²) in [5.74, 6) is -1.21. The molecule has 1 heterocycles. The van der Waals surface area contributed by atoms with Gasteiger partial charge in [-0.2, -0.15) is 0 Å². The number of rotatable bonds is 7. The number of thiophene rings is 1. The van der Waals surface area contributed by atoms with Gasteiger partial charge in [0.1, 0.15) is 5.00 Å². The first kappa shape index (κ1) is 19.7. The molecule has 0 aliphatic heterocycles.